The summed E-state index contributed by atoms with van der Waals surface area (Å²) >= 11 is 3.42. The van der Waals surface area contributed by atoms with Gasteiger partial charge >= 0.3 is 0 Å². The van der Waals surface area contributed by atoms with Crippen molar-refractivity contribution in [3.05, 3.63) is 63.6 Å². The van der Waals surface area contributed by atoms with Gasteiger partial charge in [0.25, 0.3) is 0 Å². The number of aliphatic hydroxyl groups is 1. The van der Waals surface area contributed by atoms with Crippen LogP contribution in [0.4, 0.5) is 0 Å². The fraction of sp³-hybridized carbons (Fsp3) is 0.294. The minimum absolute atomic E-state index is 0.469. The Kier molecular flexibility index (Phi) is 4.08. The van der Waals surface area contributed by atoms with Crippen LogP contribution >= 0.6 is 15.9 Å². The molecule has 0 radical (unpaired) electrons. The highest BCUT2D eigenvalue weighted by Crippen LogP contribution is 2.29. The molecule has 0 aromatic heterocycles. The van der Waals surface area contributed by atoms with Crippen molar-refractivity contribution in [2.75, 3.05) is 6.61 Å². The van der Waals surface area contributed by atoms with Crippen LogP contribution in [0.5, 0.6) is 5.75 Å². The third kappa shape index (κ3) is 3.05. The molecule has 0 saturated heterocycles. The Morgan fingerprint density at radius 3 is 2.75 bits per heavy atom. The second kappa shape index (κ2) is 5.98. The van der Waals surface area contributed by atoms with Gasteiger partial charge in [0.05, 0.1) is 12.7 Å². The lowest BCUT2D eigenvalue weighted by Gasteiger charge is -2.19. The van der Waals surface area contributed by atoms with E-state index in [9.17, 15) is 5.11 Å². The molecule has 0 amide bonds. The smallest absolute Gasteiger partial charge is 0.122 e. The average molecular weight is 333 g/mol. The summed E-state index contributed by atoms with van der Waals surface area (Å²) in [7, 11) is 0. The molecule has 2 aromatic carbocycles. The summed E-state index contributed by atoms with van der Waals surface area (Å²) in [5.74, 6) is 0.968. The van der Waals surface area contributed by atoms with E-state index in [0.717, 1.165) is 40.8 Å². The summed E-state index contributed by atoms with van der Waals surface area (Å²) in [5, 5.41) is 10.4. The highest BCUT2D eigenvalue weighted by atomic mass is 79.9. The van der Waals surface area contributed by atoms with Crippen molar-refractivity contribution in [3.63, 3.8) is 0 Å². The molecule has 1 heterocycles. The first-order chi connectivity index (χ1) is 9.72. The summed E-state index contributed by atoms with van der Waals surface area (Å²) in [6.07, 6.45) is 2.25. The summed E-state index contributed by atoms with van der Waals surface area (Å²) in [6.45, 7) is 0.799. The molecule has 3 heteroatoms. The maximum absolute atomic E-state index is 10.4. The van der Waals surface area contributed by atoms with E-state index in [0.29, 0.717) is 6.42 Å². The molecule has 1 aliphatic heterocycles. The van der Waals surface area contributed by atoms with Gasteiger partial charge in [-0.15, -0.1) is 0 Å². The number of fused-ring (bicyclic) bond motifs is 1. The second-order valence-corrected chi connectivity index (χ2v) is 6.08. The molecule has 0 fully saturated rings. The molecule has 1 N–H and O–H groups in total. The van der Waals surface area contributed by atoms with E-state index in [4.69, 9.17) is 4.74 Å². The lowest BCUT2D eigenvalue weighted by molar-refractivity contribution is 0.178. The van der Waals surface area contributed by atoms with Crippen molar-refractivity contribution < 1.29 is 9.84 Å². The third-order valence-electron chi connectivity index (χ3n) is 3.66. The molecule has 0 saturated carbocycles. The van der Waals surface area contributed by atoms with Crippen LogP contribution in [0.25, 0.3) is 0 Å². The SMILES string of the molecule is OC(Cc1ccc(Br)cc1)c1ccc2c(c1)CCCO2. The van der Waals surface area contributed by atoms with E-state index in [2.05, 4.69) is 22.0 Å². The molecule has 1 atom stereocenters. The van der Waals surface area contributed by atoms with E-state index in [1.165, 1.54) is 5.56 Å². The van der Waals surface area contributed by atoms with Gasteiger partial charge in [-0.2, -0.15) is 0 Å². The molecule has 1 aliphatic rings. The maximum Gasteiger partial charge on any atom is 0.122 e. The molecule has 0 bridgehead atoms. The summed E-state index contributed by atoms with van der Waals surface area (Å²) in [4.78, 5) is 0. The van der Waals surface area contributed by atoms with E-state index >= 15 is 0 Å². The van der Waals surface area contributed by atoms with Gasteiger partial charge in [-0.3, -0.25) is 0 Å². The van der Waals surface area contributed by atoms with E-state index < -0.39 is 6.10 Å². The number of hydrogen-bond donors (Lipinski definition) is 1. The normalized spacial score (nSPS) is 15.3. The first kappa shape index (κ1) is 13.7. The van der Waals surface area contributed by atoms with Crippen LogP contribution in [0.1, 0.15) is 29.2 Å². The van der Waals surface area contributed by atoms with Crippen molar-refractivity contribution in [2.24, 2.45) is 0 Å². The van der Waals surface area contributed by atoms with Gasteiger partial charge in [-0.25, -0.2) is 0 Å². The van der Waals surface area contributed by atoms with Crippen LogP contribution in [-0.4, -0.2) is 11.7 Å². The molecule has 3 rings (SSSR count). The summed E-state index contributed by atoms with van der Waals surface area (Å²) in [6, 6.07) is 14.1. The topological polar surface area (TPSA) is 29.5 Å². The Bertz CT molecular complexity index is 592. The van der Waals surface area contributed by atoms with Crippen LogP contribution < -0.4 is 4.74 Å². The summed E-state index contributed by atoms with van der Waals surface area (Å²) in [5.41, 5.74) is 3.32. The number of halogens is 1. The number of aryl methyl sites for hydroxylation is 1. The Labute approximate surface area is 127 Å². The van der Waals surface area contributed by atoms with Crippen LogP contribution in [0, 0.1) is 0 Å². The van der Waals surface area contributed by atoms with Crippen molar-refractivity contribution in [1.29, 1.82) is 0 Å². The second-order valence-electron chi connectivity index (χ2n) is 5.17. The van der Waals surface area contributed by atoms with Crippen LogP contribution in [0.2, 0.25) is 0 Å². The van der Waals surface area contributed by atoms with Gasteiger partial charge in [0.15, 0.2) is 0 Å². The first-order valence-electron chi connectivity index (χ1n) is 6.90. The Morgan fingerprint density at radius 1 is 1.15 bits per heavy atom. The Balaban J connectivity index is 1.76. The van der Waals surface area contributed by atoms with Crippen LogP contribution in [0.15, 0.2) is 46.9 Å². The van der Waals surface area contributed by atoms with E-state index in [-0.39, 0.29) is 0 Å². The lowest BCUT2D eigenvalue weighted by atomic mass is 9.97. The maximum atomic E-state index is 10.4. The van der Waals surface area contributed by atoms with Crippen molar-refractivity contribution >= 4 is 15.9 Å². The fourth-order valence-electron chi connectivity index (χ4n) is 2.55. The quantitative estimate of drug-likeness (QED) is 0.918. The predicted molar refractivity (Wildman–Crippen MR) is 83.1 cm³/mol. The summed E-state index contributed by atoms with van der Waals surface area (Å²) < 4.78 is 6.66. The van der Waals surface area contributed by atoms with Crippen molar-refractivity contribution in [1.82, 2.24) is 0 Å². The molecular formula is C17H17BrO2. The molecule has 20 heavy (non-hydrogen) atoms. The number of benzene rings is 2. The first-order valence-corrected chi connectivity index (χ1v) is 7.70. The molecule has 2 nitrogen and oxygen atoms in total. The van der Waals surface area contributed by atoms with Crippen LogP contribution in [0.3, 0.4) is 0 Å². The van der Waals surface area contributed by atoms with Gasteiger partial charge < -0.3 is 9.84 Å². The Hall–Kier alpha value is -1.32. The number of hydrogen-bond acceptors (Lipinski definition) is 2. The molecule has 0 aliphatic carbocycles. The monoisotopic (exact) mass is 332 g/mol. The predicted octanol–water partition coefficient (Wildman–Crippen LogP) is 4.05. The Morgan fingerprint density at radius 2 is 1.95 bits per heavy atom. The zero-order valence-electron chi connectivity index (χ0n) is 11.2. The molecule has 1 unspecified atom stereocenters. The van der Waals surface area contributed by atoms with E-state index in [1.807, 2.05) is 36.4 Å². The zero-order valence-corrected chi connectivity index (χ0v) is 12.8. The molecule has 104 valence electrons. The average Bonchev–Trinajstić information content (AvgIpc) is 2.49. The minimum Gasteiger partial charge on any atom is -0.493 e. The minimum atomic E-state index is -0.469. The zero-order chi connectivity index (χ0) is 13.9. The largest absolute Gasteiger partial charge is 0.493 e. The van der Waals surface area contributed by atoms with Gasteiger partial charge in [-0.1, -0.05) is 34.1 Å². The van der Waals surface area contributed by atoms with Gasteiger partial charge in [0.2, 0.25) is 0 Å². The fourth-order valence-corrected chi connectivity index (χ4v) is 2.81. The standard InChI is InChI=1S/C17H17BrO2/c18-15-6-3-12(4-7-15)10-16(19)13-5-8-17-14(11-13)2-1-9-20-17/h3-8,11,16,19H,1-2,9-10H2. The molecule has 2 aromatic rings. The number of aliphatic hydroxyl groups excluding tert-OH is 1. The van der Waals surface area contributed by atoms with Gasteiger partial charge in [-0.05, 0) is 53.8 Å². The van der Waals surface area contributed by atoms with Gasteiger partial charge in [0, 0.05) is 10.9 Å². The van der Waals surface area contributed by atoms with Gasteiger partial charge in [0.1, 0.15) is 5.75 Å². The number of rotatable bonds is 3. The molecule has 0 spiro atoms. The lowest BCUT2D eigenvalue weighted by Crippen LogP contribution is -2.10. The highest BCUT2D eigenvalue weighted by Gasteiger charge is 2.14. The highest BCUT2D eigenvalue weighted by molar-refractivity contribution is 9.10. The van der Waals surface area contributed by atoms with Crippen LogP contribution in [-0.2, 0) is 12.8 Å². The molecular weight excluding hydrogens is 316 g/mol. The van der Waals surface area contributed by atoms with Crippen molar-refractivity contribution in [2.45, 2.75) is 25.4 Å². The number of ether oxygens (including phenoxy) is 1. The third-order valence-corrected chi connectivity index (χ3v) is 4.19. The van der Waals surface area contributed by atoms with Crippen molar-refractivity contribution in [3.8, 4) is 5.75 Å². The van der Waals surface area contributed by atoms with E-state index in [1.54, 1.807) is 0 Å².